The second-order valence-corrected chi connectivity index (χ2v) is 6.37. The van der Waals surface area contributed by atoms with Gasteiger partial charge in [-0.15, -0.1) is 0 Å². The fraction of sp³-hybridized carbons (Fsp3) is 0.222. The van der Waals surface area contributed by atoms with Gasteiger partial charge in [0, 0.05) is 29.0 Å². The van der Waals surface area contributed by atoms with E-state index in [0.29, 0.717) is 16.5 Å². The molecule has 0 bridgehead atoms. The molecule has 24 heavy (non-hydrogen) atoms. The van der Waals surface area contributed by atoms with E-state index in [4.69, 9.17) is 27.9 Å². The van der Waals surface area contributed by atoms with Crippen LogP contribution in [-0.2, 0) is 4.79 Å². The number of amides is 1. The predicted octanol–water partition coefficient (Wildman–Crippen LogP) is 4.70. The van der Waals surface area contributed by atoms with Gasteiger partial charge < -0.3 is 4.74 Å². The highest BCUT2D eigenvalue weighted by molar-refractivity contribution is 6.36. The van der Waals surface area contributed by atoms with Crippen molar-refractivity contribution in [2.45, 2.75) is 19.4 Å². The van der Waals surface area contributed by atoms with Crippen LogP contribution in [0.1, 0.15) is 30.5 Å². The standard InChI is InChI=1S/C18H16Cl2N2O2/c1-11(23)22-18(12-3-6-14(24-2)7-4-12)10-17(21-22)15-9-13(19)5-8-16(15)20/h3-9,18H,10H2,1-2H3. The van der Waals surface area contributed by atoms with Gasteiger partial charge in [0.1, 0.15) is 5.75 Å². The van der Waals surface area contributed by atoms with Gasteiger partial charge >= 0.3 is 0 Å². The average Bonchev–Trinajstić information content (AvgIpc) is 3.02. The monoisotopic (exact) mass is 362 g/mol. The fourth-order valence-corrected chi connectivity index (χ4v) is 3.17. The van der Waals surface area contributed by atoms with E-state index in [2.05, 4.69) is 5.10 Å². The van der Waals surface area contributed by atoms with Crippen LogP contribution in [0.15, 0.2) is 47.6 Å². The van der Waals surface area contributed by atoms with Crippen molar-refractivity contribution in [1.82, 2.24) is 5.01 Å². The lowest BCUT2D eigenvalue weighted by atomic mass is 9.98. The number of carbonyl (C=O) groups is 1. The summed E-state index contributed by atoms with van der Waals surface area (Å²) in [6, 6.07) is 12.7. The lowest BCUT2D eigenvalue weighted by Gasteiger charge is -2.20. The van der Waals surface area contributed by atoms with E-state index < -0.39 is 0 Å². The lowest BCUT2D eigenvalue weighted by Crippen LogP contribution is -2.24. The largest absolute Gasteiger partial charge is 0.497 e. The third kappa shape index (κ3) is 3.25. The smallest absolute Gasteiger partial charge is 0.240 e. The summed E-state index contributed by atoms with van der Waals surface area (Å²) in [6.07, 6.45) is 0.575. The number of carbonyl (C=O) groups excluding carboxylic acids is 1. The third-order valence-electron chi connectivity index (χ3n) is 3.97. The van der Waals surface area contributed by atoms with E-state index in [1.807, 2.05) is 24.3 Å². The summed E-state index contributed by atoms with van der Waals surface area (Å²) in [5.74, 6) is 0.647. The van der Waals surface area contributed by atoms with Gasteiger partial charge in [0.15, 0.2) is 0 Å². The Morgan fingerprint density at radius 3 is 2.54 bits per heavy atom. The molecule has 0 saturated carbocycles. The van der Waals surface area contributed by atoms with Crippen LogP contribution < -0.4 is 4.74 Å². The molecule has 0 radical (unpaired) electrons. The minimum absolute atomic E-state index is 0.121. The predicted molar refractivity (Wildman–Crippen MR) is 95.9 cm³/mol. The molecule has 0 fully saturated rings. The van der Waals surface area contributed by atoms with Crippen molar-refractivity contribution in [3.05, 3.63) is 63.6 Å². The maximum atomic E-state index is 12.0. The highest BCUT2D eigenvalue weighted by Gasteiger charge is 2.32. The molecule has 0 N–H and O–H groups in total. The number of rotatable bonds is 3. The van der Waals surface area contributed by atoms with E-state index >= 15 is 0 Å². The SMILES string of the molecule is COc1ccc(C2CC(c3cc(Cl)ccc3Cl)=NN2C(C)=O)cc1. The molecule has 0 aliphatic carbocycles. The Balaban J connectivity index is 1.96. The number of hydrazone groups is 1. The van der Waals surface area contributed by atoms with E-state index in [1.54, 1.807) is 25.3 Å². The first kappa shape index (κ1) is 16.8. The number of hydrogen-bond donors (Lipinski definition) is 0. The van der Waals surface area contributed by atoms with Gasteiger partial charge in [-0.05, 0) is 35.9 Å². The first-order valence-electron chi connectivity index (χ1n) is 7.46. The number of nitrogens with zero attached hydrogens (tertiary/aromatic N) is 2. The first-order chi connectivity index (χ1) is 11.5. The molecule has 1 aliphatic heterocycles. The molecule has 0 aromatic heterocycles. The maximum Gasteiger partial charge on any atom is 0.240 e. The zero-order valence-corrected chi connectivity index (χ0v) is 14.8. The van der Waals surface area contributed by atoms with Crippen molar-refractivity contribution < 1.29 is 9.53 Å². The molecule has 1 aliphatic rings. The molecule has 0 saturated heterocycles. The van der Waals surface area contributed by atoms with Gasteiger partial charge in [-0.2, -0.15) is 5.10 Å². The van der Waals surface area contributed by atoms with Crippen LogP contribution in [0.3, 0.4) is 0 Å². The van der Waals surface area contributed by atoms with Crippen molar-refractivity contribution in [2.75, 3.05) is 7.11 Å². The second kappa shape index (κ2) is 6.83. The molecule has 1 unspecified atom stereocenters. The normalized spacial score (nSPS) is 16.9. The Bertz CT molecular complexity index is 803. The zero-order valence-electron chi connectivity index (χ0n) is 13.3. The summed E-state index contributed by atoms with van der Waals surface area (Å²) in [7, 11) is 1.62. The summed E-state index contributed by atoms with van der Waals surface area (Å²) in [5.41, 5.74) is 2.49. The molecule has 124 valence electrons. The average molecular weight is 363 g/mol. The summed E-state index contributed by atoms with van der Waals surface area (Å²) >= 11 is 12.4. The quantitative estimate of drug-likeness (QED) is 0.793. The van der Waals surface area contributed by atoms with Gasteiger partial charge in [0.2, 0.25) is 5.91 Å². The van der Waals surface area contributed by atoms with Crippen LogP contribution in [0.4, 0.5) is 0 Å². The number of halogens is 2. The van der Waals surface area contributed by atoms with Crippen LogP contribution in [0.2, 0.25) is 10.0 Å². The maximum absolute atomic E-state index is 12.0. The Morgan fingerprint density at radius 2 is 1.92 bits per heavy atom. The minimum atomic E-state index is -0.168. The Kier molecular flexibility index (Phi) is 4.78. The Labute approximate surface area is 150 Å². The van der Waals surface area contributed by atoms with Crippen molar-refractivity contribution in [1.29, 1.82) is 0 Å². The van der Waals surface area contributed by atoms with Crippen LogP contribution in [-0.4, -0.2) is 23.7 Å². The molecule has 4 nitrogen and oxygen atoms in total. The van der Waals surface area contributed by atoms with Crippen LogP contribution in [0.5, 0.6) is 5.75 Å². The van der Waals surface area contributed by atoms with E-state index in [9.17, 15) is 4.79 Å². The van der Waals surface area contributed by atoms with Gasteiger partial charge in [0.05, 0.1) is 18.9 Å². The van der Waals surface area contributed by atoms with Gasteiger partial charge in [-0.1, -0.05) is 35.3 Å². The van der Waals surface area contributed by atoms with Crippen LogP contribution in [0, 0.1) is 0 Å². The first-order valence-corrected chi connectivity index (χ1v) is 8.22. The molecule has 1 atom stereocenters. The summed E-state index contributed by atoms with van der Waals surface area (Å²) in [6.45, 7) is 1.50. The van der Waals surface area contributed by atoms with Crippen molar-refractivity contribution >= 4 is 34.8 Å². The minimum Gasteiger partial charge on any atom is -0.497 e. The molecule has 3 rings (SSSR count). The Hall–Kier alpha value is -2.04. The van der Waals surface area contributed by atoms with Crippen LogP contribution >= 0.6 is 23.2 Å². The topological polar surface area (TPSA) is 41.9 Å². The van der Waals surface area contributed by atoms with Gasteiger partial charge in [0.25, 0.3) is 0 Å². The summed E-state index contributed by atoms with van der Waals surface area (Å²) in [4.78, 5) is 12.0. The van der Waals surface area contributed by atoms with Crippen molar-refractivity contribution in [2.24, 2.45) is 5.10 Å². The van der Waals surface area contributed by atoms with Crippen molar-refractivity contribution in [3.63, 3.8) is 0 Å². The highest BCUT2D eigenvalue weighted by Crippen LogP contribution is 2.35. The molecule has 0 spiro atoms. The number of methoxy groups -OCH3 is 1. The fourth-order valence-electron chi connectivity index (χ4n) is 2.77. The molecule has 1 amide bonds. The lowest BCUT2D eigenvalue weighted by molar-refractivity contribution is -0.130. The molecule has 1 heterocycles. The molecule has 2 aromatic carbocycles. The van der Waals surface area contributed by atoms with Crippen LogP contribution in [0.25, 0.3) is 0 Å². The zero-order chi connectivity index (χ0) is 17.3. The Morgan fingerprint density at radius 1 is 1.21 bits per heavy atom. The number of hydrogen-bond acceptors (Lipinski definition) is 3. The third-order valence-corrected chi connectivity index (χ3v) is 4.54. The van der Waals surface area contributed by atoms with E-state index in [0.717, 1.165) is 22.6 Å². The van der Waals surface area contributed by atoms with E-state index in [1.165, 1.54) is 11.9 Å². The number of ether oxygens (including phenoxy) is 1. The van der Waals surface area contributed by atoms with E-state index in [-0.39, 0.29) is 11.9 Å². The summed E-state index contributed by atoms with van der Waals surface area (Å²) < 4.78 is 5.18. The number of benzene rings is 2. The molecule has 2 aromatic rings. The highest BCUT2D eigenvalue weighted by atomic mass is 35.5. The van der Waals surface area contributed by atoms with Gasteiger partial charge in [-0.25, -0.2) is 5.01 Å². The molecular weight excluding hydrogens is 347 g/mol. The van der Waals surface area contributed by atoms with Crippen molar-refractivity contribution in [3.8, 4) is 5.75 Å². The molecule has 6 heteroatoms. The molecular formula is C18H16Cl2N2O2. The summed E-state index contributed by atoms with van der Waals surface area (Å²) in [5, 5.41) is 7.13. The second-order valence-electron chi connectivity index (χ2n) is 5.53. The van der Waals surface area contributed by atoms with Gasteiger partial charge in [-0.3, -0.25) is 4.79 Å².